The van der Waals surface area contributed by atoms with Crippen LogP contribution in [0, 0.1) is 69.0 Å². The van der Waals surface area contributed by atoms with Gasteiger partial charge in [-0.3, -0.25) is 4.98 Å². The number of halogens is 3. The summed E-state index contributed by atoms with van der Waals surface area (Å²) in [6.45, 7) is 7.60. The molecule has 0 aliphatic heterocycles. The summed E-state index contributed by atoms with van der Waals surface area (Å²) < 4.78 is 13.0. The van der Waals surface area contributed by atoms with Gasteiger partial charge in [0, 0.05) is 51.2 Å². The molecule has 0 saturated heterocycles. The molecule has 2 aromatic carbocycles. The summed E-state index contributed by atoms with van der Waals surface area (Å²) >= 11 is 11.7. The largest absolute Gasteiger partial charge is 0.396 e. The molecule has 10 heteroatoms. The monoisotopic (exact) mass is 725 g/mol. The van der Waals surface area contributed by atoms with Gasteiger partial charge in [0.15, 0.2) is 0 Å². The van der Waals surface area contributed by atoms with E-state index in [0.29, 0.717) is 49.8 Å². The van der Waals surface area contributed by atoms with E-state index < -0.39 is 0 Å². The molecule has 4 aromatic heterocycles. The van der Waals surface area contributed by atoms with Gasteiger partial charge >= 0.3 is 0 Å². The van der Waals surface area contributed by atoms with Gasteiger partial charge in [-0.25, -0.2) is 19.3 Å². The molecule has 258 valence electrons. The van der Waals surface area contributed by atoms with E-state index in [-0.39, 0.29) is 5.82 Å². The number of anilines is 3. The molecule has 6 N–H and O–H groups in total. The molecule has 0 atom stereocenters. The fourth-order valence-corrected chi connectivity index (χ4v) is 4.65. The second-order valence-electron chi connectivity index (χ2n) is 11.3. The Kier molecular flexibility index (Phi) is 13.7. The minimum absolute atomic E-state index is 0.303. The topological polar surface area (TPSA) is 130 Å². The number of hydrogen-bond donors (Lipinski definition) is 3. The van der Waals surface area contributed by atoms with Crippen molar-refractivity contribution in [3.8, 4) is 35.5 Å². The first-order valence-corrected chi connectivity index (χ1v) is 16.5. The van der Waals surface area contributed by atoms with E-state index in [1.165, 1.54) is 12.1 Å². The minimum atomic E-state index is -0.303. The first kappa shape index (κ1) is 38.4. The molecule has 0 spiro atoms. The summed E-state index contributed by atoms with van der Waals surface area (Å²) in [5, 5.41) is 1.23. The number of aromatic nitrogens is 4. The first-order valence-electron chi connectivity index (χ1n) is 15.7. The summed E-state index contributed by atoms with van der Waals surface area (Å²) in [4.78, 5) is 16.8. The molecule has 0 aliphatic rings. The molecule has 52 heavy (non-hydrogen) atoms. The van der Waals surface area contributed by atoms with Crippen LogP contribution in [0.3, 0.4) is 0 Å². The predicted octanol–water partition coefficient (Wildman–Crippen LogP) is 8.27. The molecule has 0 amide bonds. The van der Waals surface area contributed by atoms with E-state index >= 15 is 0 Å². The van der Waals surface area contributed by atoms with E-state index in [0.717, 1.165) is 33.8 Å². The minimum Gasteiger partial charge on any atom is -0.396 e. The Morgan fingerprint density at radius 2 is 1.04 bits per heavy atom. The Labute approximate surface area is 313 Å². The maximum absolute atomic E-state index is 13.0. The van der Waals surface area contributed by atoms with E-state index in [2.05, 4.69) is 55.5 Å². The second kappa shape index (κ2) is 18.6. The van der Waals surface area contributed by atoms with Crippen molar-refractivity contribution < 1.29 is 4.39 Å². The van der Waals surface area contributed by atoms with Crippen LogP contribution in [-0.4, -0.2) is 19.9 Å². The molecule has 0 fully saturated rings. The second-order valence-corrected chi connectivity index (χ2v) is 12.2. The lowest BCUT2D eigenvalue weighted by Crippen LogP contribution is -1.99. The van der Waals surface area contributed by atoms with E-state index in [9.17, 15) is 4.39 Å². The smallest absolute Gasteiger partial charge is 0.136 e. The summed E-state index contributed by atoms with van der Waals surface area (Å²) in [7, 11) is 0. The molecule has 0 radical (unpaired) electrons. The first-order chi connectivity index (χ1) is 24.9. The third-order valence-corrected chi connectivity index (χ3v) is 7.30. The van der Waals surface area contributed by atoms with Crippen LogP contribution in [0.15, 0.2) is 97.3 Å². The molecule has 0 bridgehead atoms. The van der Waals surface area contributed by atoms with Crippen LogP contribution < -0.4 is 17.2 Å². The Hall–Kier alpha value is -6.37. The standard InChI is InChI=1S/C15H13FN2.C14H11ClN2.C13H10ClN3/c1-10-8-11(2)18-14(15(10)17)7-6-12-4-3-5-13(16)9-12;1-10-5-7-13(16)14(17-10)8-6-11-3-2-4-12(15)9-11;1-9-2-4-12(15)13(17-9)5-3-10-6-11(14)8-16-7-10/h3-5,8-9H,17H2,1-2H3;2-5,7,9H,16H2,1H3;2,4,6-8H,15H2,1H3. The van der Waals surface area contributed by atoms with Gasteiger partial charge < -0.3 is 17.2 Å². The number of nitrogens with two attached hydrogens (primary N) is 3. The van der Waals surface area contributed by atoms with Gasteiger partial charge in [-0.2, -0.15) is 0 Å². The van der Waals surface area contributed by atoms with Gasteiger partial charge in [0.25, 0.3) is 0 Å². The number of pyridine rings is 4. The maximum Gasteiger partial charge on any atom is 0.136 e. The molecular weight excluding hydrogens is 692 g/mol. The average molecular weight is 727 g/mol. The van der Waals surface area contributed by atoms with Gasteiger partial charge in [-0.1, -0.05) is 53.1 Å². The van der Waals surface area contributed by atoms with Crippen molar-refractivity contribution in [1.82, 2.24) is 19.9 Å². The highest BCUT2D eigenvalue weighted by Crippen LogP contribution is 2.16. The molecule has 4 heterocycles. The van der Waals surface area contributed by atoms with Crippen LogP contribution in [0.2, 0.25) is 10.0 Å². The van der Waals surface area contributed by atoms with Crippen LogP contribution in [0.25, 0.3) is 0 Å². The average Bonchev–Trinajstić information content (AvgIpc) is 3.11. The van der Waals surface area contributed by atoms with Gasteiger partial charge in [0.2, 0.25) is 0 Å². The zero-order valence-corrected chi connectivity index (χ0v) is 30.4. The van der Waals surface area contributed by atoms with E-state index in [4.69, 9.17) is 40.4 Å². The molecule has 0 saturated carbocycles. The third-order valence-electron chi connectivity index (χ3n) is 6.85. The third kappa shape index (κ3) is 12.2. The van der Waals surface area contributed by atoms with Crippen molar-refractivity contribution in [1.29, 1.82) is 0 Å². The summed E-state index contributed by atoms with van der Waals surface area (Å²) in [6, 6.07) is 24.5. The zero-order valence-electron chi connectivity index (χ0n) is 28.9. The molecule has 7 nitrogen and oxygen atoms in total. The van der Waals surface area contributed by atoms with Crippen molar-refractivity contribution in [3.63, 3.8) is 0 Å². The number of aryl methyl sites for hydroxylation is 4. The zero-order chi connectivity index (χ0) is 37.6. The number of nitrogens with zero attached hydrogens (tertiary/aromatic N) is 4. The number of rotatable bonds is 0. The highest BCUT2D eigenvalue weighted by atomic mass is 35.5. The van der Waals surface area contributed by atoms with E-state index in [1.807, 2.05) is 70.2 Å². The summed E-state index contributed by atoms with van der Waals surface area (Å²) in [5.41, 5.74) is 26.7. The quantitative estimate of drug-likeness (QED) is 0.134. The molecule has 0 unspecified atom stereocenters. The lowest BCUT2D eigenvalue weighted by atomic mass is 10.1. The SMILES string of the molecule is Cc1cc(C)c(N)c(C#Cc2cccc(F)c2)n1.Cc1ccc(N)c(C#Cc2cccc(Cl)c2)n1.Cc1ccc(N)c(C#Cc2cncc(Cl)c2)n1. The van der Waals surface area contributed by atoms with Crippen LogP contribution in [-0.2, 0) is 0 Å². The maximum atomic E-state index is 13.0. The van der Waals surface area contributed by atoms with Crippen LogP contribution in [0.4, 0.5) is 21.5 Å². The van der Waals surface area contributed by atoms with Crippen molar-refractivity contribution in [2.24, 2.45) is 0 Å². The van der Waals surface area contributed by atoms with Crippen molar-refractivity contribution >= 4 is 40.3 Å². The Balaban J connectivity index is 0.000000175. The fourth-order valence-electron chi connectivity index (χ4n) is 4.28. The van der Waals surface area contributed by atoms with Crippen molar-refractivity contribution in [2.75, 3.05) is 17.2 Å². The Morgan fingerprint density at radius 1 is 0.519 bits per heavy atom. The summed E-state index contributed by atoms with van der Waals surface area (Å²) in [5.74, 6) is 17.2. The van der Waals surface area contributed by atoms with Gasteiger partial charge in [0.1, 0.15) is 22.9 Å². The van der Waals surface area contributed by atoms with Crippen LogP contribution >= 0.6 is 23.2 Å². The predicted molar refractivity (Wildman–Crippen MR) is 210 cm³/mol. The number of benzene rings is 2. The molecule has 6 rings (SSSR count). The number of nitrogen functional groups attached to an aromatic ring is 3. The van der Waals surface area contributed by atoms with Crippen molar-refractivity contribution in [2.45, 2.75) is 27.7 Å². The summed E-state index contributed by atoms with van der Waals surface area (Å²) in [6.07, 6.45) is 3.21. The molecule has 6 aromatic rings. The van der Waals surface area contributed by atoms with Crippen molar-refractivity contribution in [3.05, 3.63) is 170 Å². The van der Waals surface area contributed by atoms with Crippen LogP contribution in [0.1, 0.15) is 56.4 Å². The van der Waals surface area contributed by atoms with Gasteiger partial charge in [-0.05, 0) is 124 Å². The fraction of sp³-hybridized carbons (Fsp3) is 0.0952. The Bertz CT molecular complexity index is 2300. The lowest BCUT2D eigenvalue weighted by molar-refractivity contribution is 0.627. The Morgan fingerprint density at radius 3 is 1.62 bits per heavy atom. The highest BCUT2D eigenvalue weighted by Gasteiger charge is 2.03. The van der Waals surface area contributed by atoms with Gasteiger partial charge in [-0.15, -0.1) is 0 Å². The lowest BCUT2D eigenvalue weighted by Gasteiger charge is -2.03. The van der Waals surface area contributed by atoms with Gasteiger partial charge in [0.05, 0.1) is 22.1 Å². The molecule has 0 aliphatic carbocycles. The number of hydrogen-bond acceptors (Lipinski definition) is 7. The molecular formula is C42H34Cl2FN7. The van der Waals surface area contributed by atoms with Crippen LogP contribution in [0.5, 0.6) is 0 Å². The highest BCUT2D eigenvalue weighted by molar-refractivity contribution is 6.30. The van der Waals surface area contributed by atoms with E-state index in [1.54, 1.807) is 42.7 Å². The normalized spacial score (nSPS) is 9.60.